The number of carbonyl (C=O) groups is 11. The maximum Gasteiger partial charge on any atom is 0.327 e. The quantitative estimate of drug-likeness (QED) is 0.0276. The minimum Gasteiger partial charge on any atom is -0.481 e. The van der Waals surface area contributed by atoms with Gasteiger partial charge in [0.1, 0.15) is 36.3 Å². The van der Waals surface area contributed by atoms with Crippen LogP contribution in [0.15, 0.2) is 53.8 Å². The zero-order valence-corrected chi connectivity index (χ0v) is 64.2. The molecule has 2 saturated heterocycles. The second-order valence-electron chi connectivity index (χ2n) is 26.1. The fourth-order valence-corrected chi connectivity index (χ4v) is 13.3. The second kappa shape index (κ2) is 55.1. The summed E-state index contributed by atoms with van der Waals surface area (Å²) in [5, 5.41) is 49.3. The van der Waals surface area contributed by atoms with Crippen molar-refractivity contribution in [2.75, 3.05) is 150 Å². The molecule has 36 heteroatoms. The highest BCUT2D eigenvalue weighted by molar-refractivity contribution is 7.98. The minimum atomic E-state index is -1.45. The van der Waals surface area contributed by atoms with Crippen LogP contribution in [0.1, 0.15) is 102 Å². The third-order valence-corrected chi connectivity index (χ3v) is 19.7. The van der Waals surface area contributed by atoms with Crippen molar-refractivity contribution in [2.45, 2.75) is 145 Å². The highest BCUT2D eigenvalue weighted by Crippen LogP contribution is 2.28. The number of ether oxygens (including phenoxy) is 6. The molecule has 2 aliphatic heterocycles. The van der Waals surface area contributed by atoms with Gasteiger partial charge >= 0.3 is 11.9 Å². The Morgan fingerprint density at radius 1 is 0.620 bits per heavy atom. The van der Waals surface area contributed by atoms with E-state index in [0.29, 0.717) is 167 Å². The number of nitrogens with zero attached hydrogens (tertiary/aromatic N) is 4. The lowest BCUT2D eigenvalue weighted by Crippen LogP contribution is -2.57. The Balaban J connectivity index is 1.26. The predicted molar refractivity (Wildman–Crippen MR) is 405 cm³/mol. The molecular formula is C72H116N14O20S2. The van der Waals surface area contributed by atoms with Gasteiger partial charge in [-0.05, 0) is 62.1 Å². The van der Waals surface area contributed by atoms with Crippen LogP contribution in [-0.4, -0.2) is 293 Å². The molecule has 2 aromatic rings. The smallest absolute Gasteiger partial charge is 0.327 e. The van der Waals surface area contributed by atoms with Gasteiger partial charge in [0.2, 0.25) is 47.3 Å². The van der Waals surface area contributed by atoms with Gasteiger partial charge in [-0.1, -0.05) is 63.1 Å². The van der Waals surface area contributed by atoms with Gasteiger partial charge in [0, 0.05) is 120 Å². The van der Waals surface area contributed by atoms with Crippen molar-refractivity contribution in [1.29, 1.82) is 0 Å². The van der Waals surface area contributed by atoms with Crippen molar-refractivity contribution < 1.29 is 96.5 Å². The Hall–Kier alpha value is -7.33. The molecule has 1 aromatic carbocycles. The molecule has 1 unspecified atom stereocenters. The first kappa shape index (κ1) is 93.1. The molecule has 2 aliphatic rings. The number of nitrogens with two attached hydrogens (primary N) is 3. The summed E-state index contributed by atoms with van der Waals surface area (Å²) in [6, 6.07) is 3.48. The van der Waals surface area contributed by atoms with Crippen LogP contribution in [0.3, 0.4) is 0 Å². The number of carboxylic acids is 2. The molecule has 108 heavy (non-hydrogen) atoms. The largest absolute Gasteiger partial charge is 0.481 e. The molecular weight excluding hydrogens is 1450 g/mol. The summed E-state index contributed by atoms with van der Waals surface area (Å²) >= 11 is 2.51. The number of carbonyl (C=O) groups excluding carboxylic acids is 9. The summed E-state index contributed by atoms with van der Waals surface area (Å²) in [6.07, 6.45) is 5.78. The van der Waals surface area contributed by atoms with Crippen molar-refractivity contribution in [2.24, 2.45) is 39.9 Å². The molecule has 0 spiro atoms. The van der Waals surface area contributed by atoms with E-state index in [9.17, 15) is 68.1 Å². The van der Waals surface area contributed by atoms with E-state index in [2.05, 4.69) is 47.2 Å². The molecule has 4 rings (SSSR count). The van der Waals surface area contributed by atoms with Crippen molar-refractivity contribution in [3.8, 4) is 0 Å². The molecule has 16 N–H and O–H groups in total. The number of benzene rings is 1. The van der Waals surface area contributed by atoms with Gasteiger partial charge in [-0.3, -0.25) is 52.9 Å². The number of hydrogen-bond donors (Lipinski definition) is 13. The van der Waals surface area contributed by atoms with Crippen molar-refractivity contribution >= 4 is 94.8 Å². The normalized spacial score (nSPS) is 16.3. The molecule has 3 heterocycles. The van der Waals surface area contributed by atoms with Gasteiger partial charge in [-0.15, -0.1) is 0 Å². The number of aliphatic hydroxyl groups is 1. The number of rotatable bonds is 60. The summed E-state index contributed by atoms with van der Waals surface area (Å²) in [5.74, 6) is -9.49. The van der Waals surface area contributed by atoms with E-state index in [1.165, 1.54) is 53.4 Å². The summed E-state index contributed by atoms with van der Waals surface area (Å²) in [5.41, 5.74) is 18.8. The first-order chi connectivity index (χ1) is 52.1. The first-order valence-corrected chi connectivity index (χ1v) is 39.4. The average Bonchev–Trinajstić information content (AvgIpc) is 1.65. The van der Waals surface area contributed by atoms with Crippen molar-refractivity contribution in [1.82, 2.24) is 52.0 Å². The lowest BCUT2D eigenvalue weighted by Gasteiger charge is -2.31. The highest BCUT2D eigenvalue weighted by atomic mass is 32.2. The lowest BCUT2D eigenvalue weighted by atomic mass is 10.0. The Morgan fingerprint density at radius 2 is 1.16 bits per heavy atom. The molecule has 606 valence electrons. The third-order valence-electron chi connectivity index (χ3n) is 17.5. The number of carboxylic acid groups (broad SMARTS) is 2. The number of primary amides is 1. The van der Waals surface area contributed by atoms with Gasteiger partial charge < -0.3 is 108 Å². The van der Waals surface area contributed by atoms with Crippen LogP contribution in [0.25, 0.3) is 0 Å². The molecule has 0 saturated carbocycles. The lowest BCUT2D eigenvalue weighted by molar-refractivity contribution is -0.146. The number of unbranched alkanes of at least 4 members (excludes halogenated alkanes) is 1. The van der Waals surface area contributed by atoms with E-state index in [1.54, 1.807) is 42.7 Å². The van der Waals surface area contributed by atoms with Crippen molar-refractivity contribution in [3.05, 3.63) is 65.5 Å². The maximum atomic E-state index is 14.7. The number of aromatic nitrogens is 1. The summed E-state index contributed by atoms with van der Waals surface area (Å²) < 4.78 is 33.5. The van der Waals surface area contributed by atoms with E-state index in [0.717, 1.165) is 5.56 Å². The van der Waals surface area contributed by atoms with E-state index in [-0.39, 0.29) is 87.0 Å². The number of hydrogen-bond acceptors (Lipinski definition) is 25. The molecule has 9 atom stereocenters. The van der Waals surface area contributed by atoms with Crippen LogP contribution in [-0.2, 0) is 99.1 Å². The zero-order chi connectivity index (χ0) is 78.9. The van der Waals surface area contributed by atoms with E-state index in [4.69, 9.17) is 45.6 Å². The Bertz CT molecular complexity index is 3070. The van der Waals surface area contributed by atoms with E-state index < -0.39 is 114 Å². The van der Waals surface area contributed by atoms with Crippen LogP contribution in [0.2, 0.25) is 0 Å². The van der Waals surface area contributed by atoms with Crippen molar-refractivity contribution in [3.63, 3.8) is 0 Å². The third kappa shape index (κ3) is 37.4. The number of amides is 9. The Kier molecular flexibility index (Phi) is 47.5. The molecule has 1 aromatic heterocycles. The van der Waals surface area contributed by atoms with Crippen LogP contribution < -0.4 is 54.4 Å². The fraction of sp³-hybridized carbons (Fsp3) is 0.681. The number of aliphatic carboxylic acids is 2. The minimum absolute atomic E-state index is 0.0468. The van der Waals surface area contributed by atoms with E-state index in [1.807, 2.05) is 13.0 Å². The molecule has 0 aliphatic carbocycles. The topological polar surface area (TPSA) is 498 Å². The van der Waals surface area contributed by atoms with Gasteiger partial charge in [0.05, 0.1) is 103 Å². The standard InChI is InChI=1S/C72H116N14O20S2/c1-4-5-13-56(81-62(88)18-26-101-28-30-103-32-34-105-36-37-106-35-33-104-31-29-102-27-23-79-66(93)54(42-76-21-19-73)43-77-22-20-74)67(94)80-44-55(70(97)86-25-10-15-61(86)71(98)85-24-9-14-60(85)64(75)91)47-107-45-52-38-53(41-78-40-52)46-108-48-59(72(99)100)84-69(96)58(39-51-11-7-6-8-12-51)83-68(95)57(16-17-63(89)90)82-65(92)49(2)50(3)87/h6-8,11-12,38,40-41,44,49-50,54-61,76-77,87H,4-5,9-10,13-37,39,42-43,45-48,73-74H2,1-3H3,(H2,75,91)(H,79,93)(H,81,88)(H,82,92)(H,83,95)(H,84,96)(H,89,90)(H,99,100)/t49-,50+,55?,56-,57-,58-,59-,60-,61-/m0/s1. The Morgan fingerprint density at radius 3 is 1.71 bits per heavy atom. The van der Waals surface area contributed by atoms with Gasteiger partial charge in [0.25, 0.3) is 5.91 Å². The predicted octanol–water partition coefficient (Wildman–Crippen LogP) is -1.11. The fourth-order valence-electron chi connectivity index (χ4n) is 11.3. The molecule has 0 bridgehead atoms. The monoisotopic (exact) mass is 1560 g/mol. The summed E-state index contributed by atoms with van der Waals surface area (Å²) in [7, 11) is 0. The molecule has 9 amide bonds. The SMILES string of the molecule is CCCC[C@H](NC(=O)CCOCCOCCOCCOCCOCCOCCNC(=O)C(CNCCN)CNCCN)C(=O)N=CC(CSCc1cncc(CSC[C@H](NC(=O)[C@H](Cc2ccccc2)NC(=O)[C@H](CCC(=O)O)NC(=O)[C@@H](C)[C@@H](C)O)C(=O)O)c1)C(=O)N1CCC[C@H]1C(=O)N1CCC[C@H]1C(N)=O. The maximum absolute atomic E-state index is 14.7. The van der Waals surface area contributed by atoms with Crippen LogP contribution in [0.5, 0.6) is 0 Å². The molecule has 34 nitrogen and oxygen atoms in total. The summed E-state index contributed by atoms with van der Waals surface area (Å²) in [4.78, 5) is 157. The van der Waals surface area contributed by atoms with E-state index >= 15 is 0 Å². The van der Waals surface area contributed by atoms with Crippen LogP contribution in [0, 0.1) is 17.8 Å². The van der Waals surface area contributed by atoms with Gasteiger partial charge in [-0.2, -0.15) is 23.5 Å². The average molecular weight is 1560 g/mol. The van der Waals surface area contributed by atoms with Gasteiger partial charge in [0.15, 0.2) is 0 Å². The van der Waals surface area contributed by atoms with Crippen LogP contribution in [0.4, 0.5) is 0 Å². The number of aliphatic imine (C=N–C) groups is 1. The second-order valence-corrected chi connectivity index (χ2v) is 28.1. The highest BCUT2D eigenvalue weighted by Gasteiger charge is 2.43. The number of pyridine rings is 1. The zero-order valence-electron chi connectivity index (χ0n) is 62.5. The van der Waals surface area contributed by atoms with Crippen LogP contribution >= 0.6 is 23.5 Å². The van der Waals surface area contributed by atoms with Gasteiger partial charge in [-0.25, -0.2) is 9.79 Å². The first-order valence-electron chi connectivity index (χ1n) is 37.1. The number of aliphatic hydroxyl groups excluding tert-OH is 1. The number of nitrogens with one attached hydrogen (secondary N) is 7. The summed E-state index contributed by atoms with van der Waals surface area (Å²) in [6.45, 7) is 12.6. The molecule has 0 radical (unpaired) electrons. The number of thioether (sulfide) groups is 2. The number of likely N-dealkylation sites (tertiary alicyclic amines) is 2. The molecule has 2 fully saturated rings. The Labute approximate surface area is 640 Å².